The van der Waals surface area contributed by atoms with Crippen molar-refractivity contribution in [2.24, 2.45) is 12.5 Å². The van der Waals surface area contributed by atoms with Gasteiger partial charge in [0.05, 0.1) is 36.3 Å². The van der Waals surface area contributed by atoms with Crippen molar-refractivity contribution in [1.29, 1.82) is 0 Å². The van der Waals surface area contributed by atoms with Crippen LogP contribution in [-0.4, -0.2) is 89.4 Å². The Morgan fingerprint density at radius 2 is 1.59 bits per heavy atom. The summed E-state index contributed by atoms with van der Waals surface area (Å²) >= 11 is 0. The van der Waals surface area contributed by atoms with Crippen molar-refractivity contribution in [3.63, 3.8) is 0 Å². The Morgan fingerprint density at radius 3 is 2.27 bits per heavy atom. The number of nitrogens with one attached hydrogen (secondary N) is 1. The minimum atomic E-state index is -0.979. The molecule has 1 N–H and O–H groups in total. The number of benzene rings is 2. The van der Waals surface area contributed by atoms with E-state index in [2.05, 4.69) is 20.1 Å². The summed E-state index contributed by atoms with van der Waals surface area (Å²) in [7, 11) is 5.06. The number of aryl methyl sites for hydroxylation is 1. The van der Waals surface area contributed by atoms with Gasteiger partial charge in [-0.15, -0.1) is 0 Å². The zero-order chi connectivity index (χ0) is 35.6. The first-order chi connectivity index (χ1) is 24.6. The smallest absolute Gasteiger partial charge is 0.262 e. The van der Waals surface area contributed by atoms with Crippen molar-refractivity contribution < 1.29 is 28.7 Å². The van der Waals surface area contributed by atoms with Gasteiger partial charge in [-0.2, -0.15) is 0 Å². The summed E-state index contributed by atoms with van der Waals surface area (Å²) in [6, 6.07) is 10.2. The van der Waals surface area contributed by atoms with E-state index in [-0.39, 0.29) is 29.4 Å². The molecule has 13 heteroatoms. The number of amides is 4. The highest BCUT2D eigenvalue weighted by atomic mass is 16.5. The summed E-state index contributed by atoms with van der Waals surface area (Å²) in [4.78, 5) is 73.1. The normalized spacial score (nSPS) is 20.1. The molecular formula is C38H38N6O7. The lowest BCUT2D eigenvalue weighted by Crippen LogP contribution is -2.60. The van der Waals surface area contributed by atoms with Gasteiger partial charge in [-0.3, -0.25) is 44.1 Å². The van der Waals surface area contributed by atoms with E-state index in [1.807, 2.05) is 30.5 Å². The van der Waals surface area contributed by atoms with E-state index < -0.39 is 29.7 Å². The number of methoxy groups -OCH3 is 2. The monoisotopic (exact) mass is 690 g/mol. The number of ether oxygens (including phenoxy) is 2. The fourth-order valence-electron chi connectivity index (χ4n) is 8.16. The van der Waals surface area contributed by atoms with Crippen LogP contribution < -0.4 is 25.2 Å². The Hall–Kier alpha value is -5.56. The second kappa shape index (κ2) is 12.3. The van der Waals surface area contributed by atoms with Crippen molar-refractivity contribution in [3.05, 3.63) is 82.0 Å². The van der Waals surface area contributed by atoms with Crippen LogP contribution in [0.1, 0.15) is 52.0 Å². The van der Waals surface area contributed by atoms with Crippen LogP contribution in [0.3, 0.4) is 0 Å². The molecule has 2 aromatic heterocycles. The SMILES string of the molecule is COc1cc(-c2cn(C)c(=O)c3cnccc23)cc(OC)c1CN1CCC2(CC1)CN(c1ccc3c(c1)C(=O)N(C1CCC(=O)NC1=O)C3=O)C2. The molecular weight excluding hydrogens is 652 g/mol. The highest BCUT2D eigenvalue weighted by Crippen LogP contribution is 2.45. The summed E-state index contributed by atoms with van der Waals surface area (Å²) < 4.78 is 13.4. The molecule has 0 saturated carbocycles. The largest absolute Gasteiger partial charge is 0.496 e. The molecule has 0 aliphatic carbocycles. The van der Waals surface area contributed by atoms with Gasteiger partial charge in [0.25, 0.3) is 17.4 Å². The maximum absolute atomic E-state index is 13.3. The number of anilines is 1. The van der Waals surface area contributed by atoms with E-state index in [4.69, 9.17) is 9.47 Å². The number of carbonyl (C=O) groups excluding carboxylic acids is 4. The van der Waals surface area contributed by atoms with Crippen molar-refractivity contribution in [3.8, 4) is 22.6 Å². The molecule has 1 unspecified atom stereocenters. The Morgan fingerprint density at radius 1 is 0.882 bits per heavy atom. The Balaban J connectivity index is 0.940. The molecule has 2 aromatic carbocycles. The standard InChI is InChI=1S/C38H38N6O7/c1-41-18-28(24-8-11-39-17-27(24)35(41)47)22-14-31(50-2)29(32(15-22)51-3)19-42-12-9-38(10-13-42)20-43(21-38)23-4-5-25-26(16-23)37(49)44(36(25)48)30-6-7-33(45)40-34(30)46/h4-5,8,11,14-18,30H,6-7,9-10,12-13,19-21H2,1-3H3,(H,40,45,46). The zero-order valence-corrected chi connectivity index (χ0v) is 28.7. The first kappa shape index (κ1) is 32.6. The summed E-state index contributed by atoms with van der Waals surface area (Å²) in [5.41, 5.74) is 4.26. The lowest BCUT2D eigenvalue weighted by molar-refractivity contribution is -0.136. The summed E-state index contributed by atoms with van der Waals surface area (Å²) in [6.45, 7) is 4.16. The number of hydrogen-bond acceptors (Lipinski definition) is 10. The molecule has 6 heterocycles. The number of piperidine rings is 2. The summed E-state index contributed by atoms with van der Waals surface area (Å²) in [5, 5.41) is 3.60. The number of likely N-dealkylation sites (tertiary alicyclic amines) is 1. The van der Waals surface area contributed by atoms with Gasteiger partial charge in [0.1, 0.15) is 17.5 Å². The van der Waals surface area contributed by atoms with Gasteiger partial charge in [0, 0.05) is 68.4 Å². The van der Waals surface area contributed by atoms with Crippen LogP contribution in [0.25, 0.3) is 21.9 Å². The van der Waals surface area contributed by atoms with Crippen LogP contribution >= 0.6 is 0 Å². The minimum absolute atomic E-state index is 0.0872. The van der Waals surface area contributed by atoms with Gasteiger partial charge in [0.2, 0.25) is 11.8 Å². The molecule has 0 bridgehead atoms. The number of aromatic nitrogens is 2. The minimum Gasteiger partial charge on any atom is -0.496 e. The first-order valence-electron chi connectivity index (χ1n) is 17.1. The lowest BCUT2D eigenvalue weighted by Gasteiger charge is -2.55. The van der Waals surface area contributed by atoms with E-state index in [0.717, 1.165) is 83.2 Å². The number of imide groups is 2. The molecule has 1 spiro atoms. The number of nitrogens with zero attached hydrogens (tertiary/aromatic N) is 5. The fourth-order valence-corrected chi connectivity index (χ4v) is 8.16. The third-order valence-corrected chi connectivity index (χ3v) is 11.0. The predicted octanol–water partition coefficient (Wildman–Crippen LogP) is 3.12. The number of carbonyl (C=O) groups is 4. The molecule has 8 rings (SSSR count). The summed E-state index contributed by atoms with van der Waals surface area (Å²) in [6.07, 6.45) is 7.36. The highest BCUT2D eigenvalue weighted by molar-refractivity contribution is 6.23. The molecule has 4 amide bonds. The van der Waals surface area contributed by atoms with E-state index in [1.54, 1.807) is 50.4 Å². The predicted molar refractivity (Wildman–Crippen MR) is 188 cm³/mol. The molecule has 51 heavy (non-hydrogen) atoms. The lowest BCUT2D eigenvalue weighted by atomic mass is 9.71. The molecule has 3 fully saturated rings. The van der Waals surface area contributed by atoms with Gasteiger partial charge < -0.3 is 18.9 Å². The molecule has 4 aliphatic rings. The van der Waals surface area contributed by atoms with Crippen LogP contribution in [0.15, 0.2) is 59.8 Å². The van der Waals surface area contributed by atoms with Crippen LogP contribution in [0.4, 0.5) is 5.69 Å². The van der Waals surface area contributed by atoms with Crippen LogP contribution in [0.5, 0.6) is 11.5 Å². The Labute approximate surface area is 293 Å². The molecule has 4 aliphatic heterocycles. The van der Waals surface area contributed by atoms with Crippen molar-refractivity contribution >= 4 is 40.1 Å². The van der Waals surface area contributed by atoms with Crippen LogP contribution in [0.2, 0.25) is 0 Å². The highest BCUT2D eigenvalue weighted by Gasteiger charge is 2.47. The third-order valence-electron chi connectivity index (χ3n) is 11.0. The molecule has 1 atom stereocenters. The Bertz CT molecular complexity index is 2170. The van der Waals surface area contributed by atoms with E-state index in [9.17, 15) is 24.0 Å². The molecule has 3 saturated heterocycles. The maximum atomic E-state index is 13.3. The van der Waals surface area contributed by atoms with E-state index in [1.165, 1.54) is 0 Å². The molecule has 262 valence electrons. The maximum Gasteiger partial charge on any atom is 0.262 e. The summed E-state index contributed by atoms with van der Waals surface area (Å²) in [5.74, 6) is -0.558. The average Bonchev–Trinajstić information content (AvgIpc) is 3.37. The van der Waals surface area contributed by atoms with E-state index in [0.29, 0.717) is 17.5 Å². The van der Waals surface area contributed by atoms with Gasteiger partial charge >= 0.3 is 0 Å². The van der Waals surface area contributed by atoms with Crippen molar-refractivity contribution in [2.75, 3.05) is 45.3 Å². The molecule has 0 radical (unpaired) electrons. The van der Waals surface area contributed by atoms with Gasteiger partial charge in [-0.05, 0) is 79.7 Å². The number of rotatable bonds is 7. The topological polar surface area (TPSA) is 143 Å². The average molecular weight is 691 g/mol. The van der Waals surface area contributed by atoms with Gasteiger partial charge in [0.15, 0.2) is 0 Å². The third kappa shape index (κ3) is 5.43. The van der Waals surface area contributed by atoms with Gasteiger partial charge in [-0.25, -0.2) is 0 Å². The second-order valence-electron chi connectivity index (χ2n) is 14.0. The van der Waals surface area contributed by atoms with E-state index >= 15 is 0 Å². The fraction of sp³-hybridized carbons (Fsp3) is 0.368. The van der Waals surface area contributed by atoms with Gasteiger partial charge in [-0.1, -0.05) is 0 Å². The Kier molecular flexibility index (Phi) is 7.90. The zero-order valence-electron chi connectivity index (χ0n) is 28.7. The number of hydrogen-bond donors (Lipinski definition) is 1. The van der Waals surface area contributed by atoms with Crippen molar-refractivity contribution in [1.82, 2.24) is 24.7 Å². The van der Waals surface area contributed by atoms with Crippen molar-refractivity contribution in [2.45, 2.75) is 38.3 Å². The van der Waals surface area contributed by atoms with Crippen LogP contribution in [-0.2, 0) is 23.2 Å². The second-order valence-corrected chi connectivity index (χ2v) is 14.0. The first-order valence-corrected chi connectivity index (χ1v) is 17.1. The quantitative estimate of drug-likeness (QED) is 0.288. The number of fused-ring (bicyclic) bond motifs is 2. The van der Waals surface area contributed by atoms with Crippen LogP contribution in [0, 0.1) is 5.41 Å². The molecule has 13 nitrogen and oxygen atoms in total. The number of pyridine rings is 2. The molecule has 4 aromatic rings.